The number of pyridine rings is 3. The van der Waals surface area contributed by atoms with Crippen molar-refractivity contribution >= 4 is 191 Å². The van der Waals surface area contributed by atoms with Gasteiger partial charge in [-0.05, 0) is 201 Å². The summed E-state index contributed by atoms with van der Waals surface area (Å²) in [7, 11) is 0. The molecular weight excluding hydrogens is 1370 g/mol. The Morgan fingerprint density at radius 2 is 0.580 bits per heavy atom. The number of hydrogen-bond acceptors (Lipinski definition) is 5. The minimum atomic E-state index is 0.822. The lowest BCUT2D eigenvalue weighted by molar-refractivity contribution is 0.668. The zero-order chi connectivity index (χ0) is 73.0. The Bertz CT molecular complexity index is 8360. The van der Waals surface area contributed by atoms with E-state index in [9.17, 15) is 0 Å². The fourth-order valence-electron chi connectivity index (χ4n) is 19.1. The Kier molecular flexibility index (Phi) is 12.6. The van der Waals surface area contributed by atoms with Gasteiger partial charge in [-0.2, -0.15) is 0 Å². The lowest BCUT2D eigenvalue weighted by Crippen LogP contribution is -1.93. The molecule has 15 aromatic carbocycles. The fourth-order valence-corrected chi connectivity index (χ4v) is 19.1. The van der Waals surface area contributed by atoms with E-state index in [0.717, 1.165) is 88.5 Å². The number of benzene rings is 15. The Morgan fingerprint density at radius 3 is 1.09 bits per heavy atom. The maximum Gasteiger partial charge on any atom is 0.153 e. The molecule has 0 atom stereocenters. The summed E-state index contributed by atoms with van der Waals surface area (Å²) in [6.45, 7) is 0. The second-order valence-electron chi connectivity index (χ2n) is 29.6. The molecule has 0 bridgehead atoms. The lowest BCUT2D eigenvalue weighted by Gasteiger charge is -2.13. The first-order valence-electron chi connectivity index (χ1n) is 38.1. The van der Waals surface area contributed by atoms with Gasteiger partial charge in [0.2, 0.25) is 0 Å². The first-order chi connectivity index (χ1) is 55.6. The van der Waals surface area contributed by atoms with Crippen molar-refractivity contribution in [2.24, 2.45) is 0 Å². The molecule has 518 valence electrons. The second kappa shape index (κ2) is 23.2. The predicted molar refractivity (Wildman–Crippen MR) is 465 cm³/mol. The minimum absolute atomic E-state index is 0.822. The van der Waals surface area contributed by atoms with E-state index in [0.29, 0.717) is 0 Å². The molecule has 0 radical (unpaired) electrons. The molecular formula is C103H59N7O2. The molecule has 112 heavy (non-hydrogen) atoms. The van der Waals surface area contributed by atoms with E-state index in [1.807, 2.05) is 48.9 Å². The van der Waals surface area contributed by atoms with Gasteiger partial charge >= 0.3 is 0 Å². The van der Waals surface area contributed by atoms with Crippen LogP contribution in [0.25, 0.3) is 241 Å². The molecule has 0 amide bonds. The molecule has 12 heterocycles. The van der Waals surface area contributed by atoms with Crippen LogP contribution in [-0.4, -0.2) is 32.7 Å². The normalized spacial score (nSPS) is 12.3. The Morgan fingerprint density at radius 1 is 0.196 bits per heavy atom. The molecule has 0 aliphatic rings. The number of para-hydroxylation sites is 8. The van der Waals surface area contributed by atoms with Crippen LogP contribution in [0, 0.1) is 0 Å². The second-order valence-corrected chi connectivity index (χ2v) is 29.6. The molecule has 27 rings (SSSR count). The van der Waals surface area contributed by atoms with E-state index in [4.69, 9.17) is 13.8 Å². The number of hydrogen-bond donors (Lipinski definition) is 0. The van der Waals surface area contributed by atoms with Gasteiger partial charge in [-0.3, -0.25) is 15.0 Å². The third-order valence-corrected chi connectivity index (χ3v) is 23.8. The van der Waals surface area contributed by atoms with Gasteiger partial charge in [-0.15, -0.1) is 0 Å². The van der Waals surface area contributed by atoms with Crippen LogP contribution in [0.5, 0.6) is 0 Å². The molecule has 0 spiro atoms. The van der Waals surface area contributed by atoms with E-state index in [1.165, 1.54) is 153 Å². The predicted octanol–water partition coefficient (Wildman–Crippen LogP) is 27.4. The summed E-state index contributed by atoms with van der Waals surface area (Å²) in [5, 5.41) is 21.2. The SMILES string of the molecule is c1ccc(-n2c3ccc(-c4ccc(-c5cc6c7ccccc7n7c8ccccc8c(c5)c67)c5ccccc45)cc3c3ncccc32)cc1.c1cnc2c(c1)oc1c(-c3cc4c5ccccc5n5c6ccccc6c(c3)c45)cccc12.c1cnc2c(c1)oc1cc(-c3cc4c5ccccc5n5c6ccccc6c(c3)c45)ccc12. The lowest BCUT2D eigenvalue weighted by atomic mass is 9.90. The molecule has 0 saturated heterocycles. The summed E-state index contributed by atoms with van der Waals surface area (Å²) in [5.74, 6) is 0. The van der Waals surface area contributed by atoms with Crippen LogP contribution < -0.4 is 0 Å². The molecule has 0 aliphatic carbocycles. The van der Waals surface area contributed by atoms with Crippen LogP contribution in [-0.2, 0) is 0 Å². The summed E-state index contributed by atoms with van der Waals surface area (Å²) < 4.78 is 22.0. The average Bonchev–Trinajstić information content (AvgIpc) is 1.46. The van der Waals surface area contributed by atoms with Crippen molar-refractivity contribution in [1.82, 2.24) is 32.7 Å². The highest BCUT2D eigenvalue weighted by Gasteiger charge is 2.25. The molecule has 0 unspecified atom stereocenters. The van der Waals surface area contributed by atoms with Crippen molar-refractivity contribution in [2.75, 3.05) is 0 Å². The van der Waals surface area contributed by atoms with Gasteiger partial charge < -0.3 is 26.6 Å². The van der Waals surface area contributed by atoms with Gasteiger partial charge in [0.25, 0.3) is 0 Å². The Balaban J connectivity index is 0.0000000984. The smallest absolute Gasteiger partial charge is 0.153 e. The molecule has 0 fully saturated rings. The van der Waals surface area contributed by atoms with Gasteiger partial charge in [0.05, 0.1) is 66.2 Å². The van der Waals surface area contributed by atoms with E-state index in [2.05, 4.69) is 337 Å². The molecule has 27 aromatic rings. The van der Waals surface area contributed by atoms with Crippen molar-refractivity contribution in [3.05, 3.63) is 358 Å². The summed E-state index contributed by atoms with van der Waals surface area (Å²) in [6.07, 6.45) is 5.53. The van der Waals surface area contributed by atoms with Crippen LogP contribution in [0.4, 0.5) is 0 Å². The zero-order valence-electron chi connectivity index (χ0n) is 60.0. The summed E-state index contributed by atoms with van der Waals surface area (Å²) in [6, 6.07) is 122. The van der Waals surface area contributed by atoms with Crippen LogP contribution in [0.15, 0.2) is 367 Å². The third-order valence-electron chi connectivity index (χ3n) is 23.8. The maximum atomic E-state index is 6.31. The van der Waals surface area contributed by atoms with Crippen LogP contribution >= 0.6 is 0 Å². The average molecular weight is 1430 g/mol. The van der Waals surface area contributed by atoms with Crippen molar-refractivity contribution in [1.29, 1.82) is 0 Å². The number of fused-ring (bicyclic) bond motifs is 28. The van der Waals surface area contributed by atoms with Crippen molar-refractivity contribution in [3.8, 4) is 50.2 Å². The summed E-state index contributed by atoms with van der Waals surface area (Å²) >= 11 is 0. The molecule has 9 heteroatoms. The largest absolute Gasteiger partial charge is 0.454 e. The first kappa shape index (κ1) is 60.9. The maximum absolute atomic E-state index is 6.31. The number of nitrogens with zero attached hydrogens (tertiary/aromatic N) is 7. The van der Waals surface area contributed by atoms with E-state index < -0.39 is 0 Å². The van der Waals surface area contributed by atoms with Gasteiger partial charge in [-0.25, -0.2) is 0 Å². The highest BCUT2D eigenvalue weighted by atomic mass is 16.3. The topological polar surface area (TPSA) is 83.1 Å². The van der Waals surface area contributed by atoms with E-state index in [-0.39, 0.29) is 0 Å². The standard InChI is InChI=1S/C45H27N3.2C29H16N2O/c1-2-11-30(12-3-1)47-42-23-20-28(25-39(42)44-43(47)19-10-24-46-44)31-21-22-32(34-14-5-4-13-33(31)34)29-26-37-35-15-6-8-17-40(35)48-41-18-9-7-16-36(41)38(27-29)45(37)48;1-3-11-24-19(7-1)22-15-17(16-23-20-8-2-4-12-25(20)31(24)28(22)23)18-9-5-10-21-27-26(32-29(18)21)13-6-14-30-27;1-3-8-24-19(6-1)22-14-18(15-23-20-7-2-4-9-25(20)31(24)29(22)23)17-11-12-21-27(16-17)32-26-10-5-13-30-28(21)26/h1-27H;2*1-16H. The van der Waals surface area contributed by atoms with Gasteiger partial charge in [0, 0.05) is 111 Å². The number of furan rings is 2. The van der Waals surface area contributed by atoms with Gasteiger partial charge in [0.15, 0.2) is 11.2 Å². The van der Waals surface area contributed by atoms with Crippen molar-refractivity contribution in [2.45, 2.75) is 0 Å². The van der Waals surface area contributed by atoms with Crippen molar-refractivity contribution < 1.29 is 8.83 Å². The molecule has 0 N–H and O–H groups in total. The summed E-state index contributed by atoms with van der Waals surface area (Å²) in [5.41, 5.74) is 30.6. The van der Waals surface area contributed by atoms with Crippen LogP contribution in [0.3, 0.4) is 0 Å². The minimum Gasteiger partial charge on any atom is -0.454 e. The molecule has 0 saturated carbocycles. The van der Waals surface area contributed by atoms with Gasteiger partial charge in [0.1, 0.15) is 22.2 Å². The number of rotatable bonds is 5. The Labute approximate surface area is 637 Å². The van der Waals surface area contributed by atoms with Crippen LogP contribution in [0.1, 0.15) is 0 Å². The van der Waals surface area contributed by atoms with Crippen LogP contribution in [0.2, 0.25) is 0 Å². The third kappa shape index (κ3) is 8.58. The molecule has 12 aromatic heterocycles. The van der Waals surface area contributed by atoms with Crippen molar-refractivity contribution in [3.63, 3.8) is 0 Å². The first-order valence-corrected chi connectivity index (χ1v) is 38.1. The molecule has 0 aliphatic heterocycles. The van der Waals surface area contributed by atoms with E-state index >= 15 is 0 Å². The quantitative estimate of drug-likeness (QED) is 0.171. The number of aromatic nitrogens is 7. The highest BCUT2D eigenvalue weighted by molar-refractivity contribution is 6.28. The van der Waals surface area contributed by atoms with Gasteiger partial charge in [-0.1, -0.05) is 188 Å². The van der Waals surface area contributed by atoms with E-state index in [1.54, 1.807) is 0 Å². The fraction of sp³-hybridized carbons (Fsp3) is 0. The summed E-state index contributed by atoms with van der Waals surface area (Å²) in [4.78, 5) is 13.9. The zero-order valence-corrected chi connectivity index (χ0v) is 60.0. The highest BCUT2D eigenvalue weighted by Crippen LogP contribution is 2.49. The Hall–Kier alpha value is -15.2. The molecule has 9 nitrogen and oxygen atoms in total. The monoisotopic (exact) mass is 1430 g/mol.